The number of urea groups is 1. The summed E-state index contributed by atoms with van der Waals surface area (Å²) in [5.41, 5.74) is 0.921. The average molecular weight is 335 g/mol. The molecule has 0 saturated carbocycles. The van der Waals surface area contributed by atoms with Gasteiger partial charge in [0.15, 0.2) is 0 Å². The van der Waals surface area contributed by atoms with Crippen molar-refractivity contribution in [2.45, 2.75) is 26.4 Å². The average Bonchev–Trinajstić information content (AvgIpc) is 2.92. The lowest BCUT2D eigenvalue weighted by molar-refractivity contribution is 0.197. The minimum Gasteiger partial charge on any atom is -0.336 e. The predicted octanol–water partition coefficient (Wildman–Crippen LogP) is 3.61. The van der Waals surface area contributed by atoms with Crippen LogP contribution in [0, 0.1) is 5.92 Å². The Morgan fingerprint density at radius 1 is 1.39 bits per heavy atom. The van der Waals surface area contributed by atoms with Gasteiger partial charge in [0, 0.05) is 38.1 Å². The fourth-order valence-corrected chi connectivity index (χ4v) is 2.60. The number of benzene rings is 1. The van der Waals surface area contributed by atoms with E-state index in [0.29, 0.717) is 11.6 Å². The van der Waals surface area contributed by atoms with Crippen LogP contribution in [0.15, 0.2) is 36.7 Å². The molecule has 2 aromatic rings. The van der Waals surface area contributed by atoms with Crippen LogP contribution in [0.4, 0.5) is 4.79 Å². The van der Waals surface area contributed by atoms with Gasteiger partial charge in [0.05, 0.1) is 6.04 Å². The van der Waals surface area contributed by atoms with E-state index in [1.165, 1.54) is 0 Å². The molecule has 0 aliphatic rings. The Hall–Kier alpha value is -2.01. The van der Waals surface area contributed by atoms with E-state index in [0.717, 1.165) is 11.4 Å². The molecule has 2 amide bonds. The number of rotatable bonds is 5. The smallest absolute Gasteiger partial charge is 0.318 e. The van der Waals surface area contributed by atoms with Crippen LogP contribution in [0.1, 0.15) is 31.3 Å². The van der Waals surface area contributed by atoms with Gasteiger partial charge in [-0.25, -0.2) is 9.78 Å². The van der Waals surface area contributed by atoms with Crippen LogP contribution in [0.5, 0.6) is 0 Å². The topological polar surface area (TPSA) is 50.2 Å². The second kappa shape index (κ2) is 7.51. The molecule has 1 aromatic carbocycles. The zero-order chi connectivity index (χ0) is 17.0. The van der Waals surface area contributed by atoms with E-state index in [-0.39, 0.29) is 18.0 Å². The van der Waals surface area contributed by atoms with Gasteiger partial charge in [-0.2, -0.15) is 0 Å². The molecule has 0 saturated heterocycles. The minimum absolute atomic E-state index is 0.142. The SMILES string of the molecule is CC(C)C(NC(=O)N(C)Cc1ccccc1Cl)c1nccn1C. The molecular weight excluding hydrogens is 312 g/mol. The van der Waals surface area contributed by atoms with Crippen molar-refractivity contribution >= 4 is 17.6 Å². The van der Waals surface area contributed by atoms with Crippen molar-refractivity contribution in [3.63, 3.8) is 0 Å². The molecule has 1 heterocycles. The molecule has 0 fully saturated rings. The van der Waals surface area contributed by atoms with Gasteiger partial charge in [-0.3, -0.25) is 0 Å². The Balaban J connectivity index is 2.07. The summed E-state index contributed by atoms with van der Waals surface area (Å²) >= 11 is 6.16. The molecule has 5 nitrogen and oxygen atoms in total. The Morgan fingerprint density at radius 3 is 2.65 bits per heavy atom. The molecule has 1 unspecified atom stereocenters. The van der Waals surface area contributed by atoms with Crippen molar-refractivity contribution in [3.8, 4) is 0 Å². The van der Waals surface area contributed by atoms with Crippen LogP contribution >= 0.6 is 11.6 Å². The summed E-state index contributed by atoms with van der Waals surface area (Å²) in [6.07, 6.45) is 3.62. The summed E-state index contributed by atoms with van der Waals surface area (Å²) in [6.45, 7) is 4.58. The number of nitrogens with zero attached hydrogens (tertiary/aromatic N) is 3. The molecule has 0 bridgehead atoms. The number of carbonyl (C=O) groups is 1. The highest BCUT2D eigenvalue weighted by Crippen LogP contribution is 2.21. The second-order valence-corrected chi connectivity index (χ2v) is 6.42. The molecule has 6 heteroatoms. The van der Waals surface area contributed by atoms with Gasteiger partial charge in [0.2, 0.25) is 0 Å². The number of aromatic nitrogens is 2. The van der Waals surface area contributed by atoms with Gasteiger partial charge in [-0.05, 0) is 17.5 Å². The summed E-state index contributed by atoms with van der Waals surface area (Å²) in [6, 6.07) is 7.25. The van der Waals surface area contributed by atoms with Crippen LogP contribution in [0.25, 0.3) is 0 Å². The largest absolute Gasteiger partial charge is 0.336 e. The summed E-state index contributed by atoms with van der Waals surface area (Å²) in [4.78, 5) is 18.5. The first-order valence-corrected chi connectivity index (χ1v) is 8.00. The third-order valence-corrected chi connectivity index (χ3v) is 4.16. The summed E-state index contributed by atoms with van der Waals surface area (Å²) < 4.78 is 1.93. The number of nitrogens with one attached hydrogen (secondary N) is 1. The predicted molar refractivity (Wildman–Crippen MR) is 92.2 cm³/mol. The molecule has 2 rings (SSSR count). The maximum Gasteiger partial charge on any atom is 0.318 e. The maximum absolute atomic E-state index is 12.5. The third kappa shape index (κ3) is 4.26. The highest BCUT2D eigenvalue weighted by Gasteiger charge is 2.23. The van der Waals surface area contributed by atoms with Gasteiger partial charge in [-0.1, -0.05) is 43.6 Å². The van der Waals surface area contributed by atoms with Crippen LogP contribution < -0.4 is 5.32 Å². The Labute approximate surface area is 142 Å². The van der Waals surface area contributed by atoms with E-state index in [2.05, 4.69) is 24.1 Å². The lowest BCUT2D eigenvalue weighted by atomic mass is 10.0. The number of amides is 2. The van der Waals surface area contributed by atoms with Crippen LogP contribution in [-0.4, -0.2) is 27.5 Å². The van der Waals surface area contributed by atoms with Crippen molar-refractivity contribution in [2.75, 3.05) is 7.05 Å². The molecule has 1 atom stereocenters. The summed E-state index contributed by atoms with van der Waals surface area (Å²) in [5.74, 6) is 1.08. The van der Waals surface area contributed by atoms with Crippen molar-refractivity contribution in [3.05, 3.63) is 53.1 Å². The number of imidazole rings is 1. The van der Waals surface area contributed by atoms with Crippen molar-refractivity contribution in [2.24, 2.45) is 13.0 Å². The van der Waals surface area contributed by atoms with E-state index in [1.807, 2.05) is 42.1 Å². The van der Waals surface area contributed by atoms with E-state index < -0.39 is 0 Å². The monoisotopic (exact) mass is 334 g/mol. The zero-order valence-corrected chi connectivity index (χ0v) is 14.7. The van der Waals surface area contributed by atoms with Gasteiger partial charge in [0.1, 0.15) is 5.82 Å². The van der Waals surface area contributed by atoms with Gasteiger partial charge in [0.25, 0.3) is 0 Å². The maximum atomic E-state index is 12.5. The lowest BCUT2D eigenvalue weighted by Gasteiger charge is -2.26. The Kier molecular flexibility index (Phi) is 5.66. The van der Waals surface area contributed by atoms with E-state index in [9.17, 15) is 4.79 Å². The van der Waals surface area contributed by atoms with Gasteiger partial charge in [-0.15, -0.1) is 0 Å². The van der Waals surface area contributed by atoms with E-state index >= 15 is 0 Å². The third-order valence-electron chi connectivity index (χ3n) is 3.79. The zero-order valence-electron chi connectivity index (χ0n) is 14.0. The molecule has 0 spiro atoms. The highest BCUT2D eigenvalue weighted by atomic mass is 35.5. The first kappa shape index (κ1) is 17.3. The Morgan fingerprint density at radius 2 is 2.09 bits per heavy atom. The molecule has 1 aromatic heterocycles. The fraction of sp³-hybridized carbons (Fsp3) is 0.412. The highest BCUT2D eigenvalue weighted by molar-refractivity contribution is 6.31. The minimum atomic E-state index is -0.147. The van der Waals surface area contributed by atoms with Crippen LogP contribution in [0.3, 0.4) is 0 Å². The van der Waals surface area contributed by atoms with E-state index in [1.54, 1.807) is 18.1 Å². The Bertz CT molecular complexity index is 668. The van der Waals surface area contributed by atoms with Crippen LogP contribution in [0.2, 0.25) is 5.02 Å². The van der Waals surface area contributed by atoms with Crippen LogP contribution in [-0.2, 0) is 13.6 Å². The first-order chi connectivity index (χ1) is 10.9. The summed E-state index contributed by atoms with van der Waals surface area (Å²) in [7, 11) is 3.69. The number of aryl methyl sites for hydroxylation is 1. The molecular formula is C17H23ClN4O. The second-order valence-electron chi connectivity index (χ2n) is 6.01. The lowest BCUT2D eigenvalue weighted by Crippen LogP contribution is -2.41. The van der Waals surface area contributed by atoms with E-state index in [4.69, 9.17) is 11.6 Å². The molecule has 124 valence electrons. The number of hydrogen-bond donors (Lipinski definition) is 1. The molecule has 0 aliphatic heterocycles. The van der Waals surface area contributed by atoms with Crippen molar-refractivity contribution in [1.29, 1.82) is 0 Å². The molecule has 23 heavy (non-hydrogen) atoms. The van der Waals surface area contributed by atoms with Gasteiger partial charge < -0.3 is 14.8 Å². The number of carbonyl (C=O) groups excluding carboxylic acids is 1. The summed E-state index contributed by atoms with van der Waals surface area (Å²) in [5, 5.41) is 3.72. The molecule has 1 N–H and O–H groups in total. The first-order valence-electron chi connectivity index (χ1n) is 7.62. The fourth-order valence-electron chi connectivity index (χ4n) is 2.40. The normalized spacial score (nSPS) is 12.3. The van der Waals surface area contributed by atoms with Crippen molar-refractivity contribution < 1.29 is 4.79 Å². The molecule has 0 aliphatic carbocycles. The van der Waals surface area contributed by atoms with Gasteiger partial charge >= 0.3 is 6.03 Å². The van der Waals surface area contributed by atoms with Crippen molar-refractivity contribution in [1.82, 2.24) is 19.8 Å². The molecule has 0 radical (unpaired) electrons. The number of halogens is 1. The standard InChI is InChI=1S/C17H23ClN4O/c1-12(2)15(16-19-9-10-21(16)3)20-17(23)22(4)11-13-7-5-6-8-14(13)18/h5-10,12,15H,11H2,1-4H3,(H,20,23). The quantitative estimate of drug-likeness (QED) is 0.908. The number of hydrogen-bond acceptors (Lipinski definition) is 2.